The Hall–Kier alpha value is -1.85. The summed E-state index contributed by atoms with van der Waals surface area (Å²) in [5.41, 5.74) is 2.05. The van der Waals surface area contributed by atoms with E-state index in [0.717, 1.165) is 18.4 Å². The van der Waals surface area contributed by atoms with Crippen LogP contribution in [0.1, 0.15) is 17.5 Å². The van der Waals surface area contributed by atoms with E-state index in [1.807, 2.05) is 18.2 Å². The summed E-state index contributed by atoms with van der Waals surface area (Å²) in [6.07, 6.45) is 1.86. The third-order valence-electron chi connectivity index (χ3n) is 3.19. The molecule has 0 fully saturated rings. The molecule has 2 aromatic rings. The normalized spacial score (nSPS) is 11.3. The summed E-state index contributed by atoms with van der Waals surface area (Å²) in [7, 11) is -3.66. The highest BCUT2D eigenvalue weighted by Gasteiger charge is 2.09. The number of benzene rings is 2. The molecular weight excluding hydrogens is 286 g/mol. The first-order chi connectivity index (χ1) is 9.97. The zero-order valence-electron chi connectivity index (χ0n) is 12.0. The van der Waals surface area contributed by atoms with E-state index in [2.05, 4.69) is 12.1 Å². The topological polar surface area (TPSA) is 69.4 Å². The van der Waals surface area contributed by atoms with Gasteiger partial charge in [0.2, 0.25) is 10.0 Å². The smallest absolute Gasteiger partial charge is 0.238 e. The minimum atomic E-state index is -3.66. The first-order valence-corrected chi connectivity index (χ1v) is 8.31. The van der Waals surface area contributed by atoms with Crippen molar-refractivity contribution in [3.05, 3.63) is 59.7 Å². The Kier molecular flexibility index (Phi) is 4.98. The van der Waals surface area contributed by atoms with E-state index in [0.29, 0.717) is 12.4 Å². The second kappa shape index (κ2) is 6.74. The molecule has 0 radical (unpaired) electrons. The van der Waals surface area contributed by atoms with Crippen LogP contribution in [-0.4, -0.2) is 15.0 Å². The van der Waals surface area contributed by atoms with E-state index in [-0.39, 0.29) is 4.90 Å². The molecule has 2 aromatic carbocycles. The van der Waals surface area contributed by atoms with E-state index in [1.165, 1.54) is 17.7 Å². The minimum absolute atomic E-state index is 0.108. The monoisotopic (exact) mass is 305 g/mol. The maximum absolute atomic E-state index is 11.3. The van der Waals surface area contributed by atoms with Crippen molar-refractivity contribution in [2.45, 2.75) is 24.7 Å². The van der Waals surface area contributed by atoms with Crippen molar-refractivity contribution >= 4 is 10.0 Å². The van der Waals surface area contributed by atoms with E-state index in [1.54, 1.807) is 13.0 Å². The number of hydrogen-bond acceptors (Lipinski definition) is 3. The lowest BCUT2D eigenvalue weighted by Gasteiger charge is -2.10. The molecule has 0 spiro atoms. The number of rotatable bonds is 6. The minimum Gasteiger partial charge on any atom is -0.493 e. The predicted molar refractivity (Wildman–Crippen MR) is 82.8 cm³/mol. The Morgan fingerprint density at radius 3 is 2.43 bits per heavy atom. The fourth-order valence-corrected chi connectivity index (χ4v) is 2.66. The molecule has 0 aliphatic carbocycles. The molecule has 0 aliphatic rings. The van der Waals surface area contributed by atoms with Crippen LogP contribution in [0, 0.1) is 6.92 Å². The van der Waals surface area contributed by atoms with Crippen molar-refractivity contribution in [2.75, 3.05) is 6.61 Å². The van der Waals surface area contributed by atoms with Gasteiger partial charge in [-0.25, -0.2) is 13.6 Å². The van der Waals surface area contributed by atoms with Crippen LogP contribution in [0.4, 0.5) is 0 Å². The lowest BCUT2D eigenvalue weighted by molar-refractivity contribution is 0.309. The highest BCUT2D eigenvalue weighted by Crippen LogP contribution is 2.21. The molecule has 4 nitrogen and oxygen atoms in total. The summed E-state index contributed by atoms with van der Waals surface area (Å²) < 4.78 is 28.2. The van der Waals surface area contributed by atoms with Gasteiger partial charge in [-0.3, -0.25) is 0 Å². The molecule has 0 amide bonds. The summed E-state index contributed by atoms with van der Waals surface area (Å²) >= 11 is 0. The van der Waals surface area contributed by atoms with Crippen molar-refractivity contribution in [1.29, 1.82) is 0 Å². The number of aryl methyl sites for hydroxylation is 2. The molecule has 5 heteroatoms. The number of sulfonamides is 1. The average molecular weight is 305 g/mol. The molecule has 21 heavy (non-hydrogen) atoms. The molecule has 0 unspecified atom stereocenters. The standard InChI is InChI=1S/C16H19NO3S/c1-13-12-15(21(17,18)19)9-10-16(13)20-11-5-8-14-6-3-2-4-7-14/h2-4,6-7,9-10,12H,5,8,11H2,1H3,(H2,17,18,19). The third kappa shape index (κ3) is 4.58. The summed E-state index contributed by atoms with van der Waals surface area (Å²) in [5, 5.41) is 5.09. The number of primary sulfonamides is 1. The molecule has 0 aromatic heterocycles. The molecular formula is C16H19NO3S. The van der Waals surface area contributed by atoms with Crippen LogP contribution in [0.3, 0.4) is 0 Å². The molecule has 0 bridgehead atoms. The lowest BCUT2D eigenvalue weighted by atomic mass is 10.1. The van der Waals surface area contributed by atoms with Crippen molar-refractivity contribution in [3.8, 4) is 5.75 Å². The SMILES string of the molecule is Cc1cc(S(N)(=O)=O)ccc1OCCCc1ccccc1. The highest BCUT2D eigenvalue weighted by atomic mass is 32.2. The van der Waals surface area contributed by atoms with Gasteiger partial charge in [-0.2, -0.15) is 0 Å². The van der Waals surface area contributed by atoms with Crippen LogP contribution < -0.4 is 9.88 Å². The first-order valence-electron chi connectivity index (χ1n) is 6.77. The fourth-order valence-electron chi connectivity index (χ4n) is 2.06. The molecule has 0 atom stereocenters. The van der Waals surface area contributed by atoms with Crippen molar-refractivity contribution < 1.29 is 13.2 Å². The van der Waals surface area contributed by atoms with E-state index < -0.39 is 10.0 Å². The van der Waals surface area contributed by atoms with Crippen LogP contribution >= 0.6 is 0 Å². The maximum atomic E-state index is 11.3. The Labute approximate surface area is 125 Å². The zero-order chi connectivity index (χ0) is 15.3. The largest absolute Gasteiger partial charge is 0.493 e. The third-order valence-corrected chi connectivity index (χ3v) is 4.10. The predicted octanol–water partition coefficient (Wildman–Crippen LogP) is 2.65. The molecule has 0 saturated carbocycles. The molecule has 2 N–H and O–H groups in total. The summed E-state index contributed by atoms with van der Waals surface area (Å²) in [5.74, 6) is 0.690. The van der Waals surface area contributed by atoms with Crippen molar-refractivity contribution in [3.63, 3.8) is 0 Å². The van der Waals surface area contributed by atoms with E-state index in [9.17, 15) is 8.42 Å². The van der Waals surface area contributed by atoms with Gasteiger partial charge in [0, 0.05) is 0 Å². The number of hydrogen-bond donors (Lipinski definition) is 1. The average Bonchev–Trinajstić information content (AvgIpc) is 2.45. The second-order valence-electron chi connectivity index (χ2n) is 4.91. The van der Waals surface area contributed by atoms with Gasteiger partial charge in [-0.1, -0.05) is 30.3 Å². The molecule has 0 heterocycles. The maximum Gasteiger partial charge on any atom is 0.238 e. The lowest BCUT2D eigenvalue weighted by Crippen LogP contribution is -2.12. The van der Waals surface area contributed by atoms with E-state index in [4.69, 9.17) is 9.88 Å². The quantitative estimate of drug-likeness (QED) is 0.834. The van der Waals surface area contributed by atoms with Crippen molar-refractivity contribution in [1.82, 2.24) is 0 Å². The first kappa shape index (κ1) is 15.5. The van der Waals surface area contributed by atoms with Gasteiger partial charge in [0.15, 0.2) is 0 Å². The zero-order valence-corrected chi connectivity index (χ0v) is 12.8. The molecule has 2 rings (SSSR count). The van der Waals surface area contributed by atoms with Gasteiger partial charge < -0.3 is 4.74 Å². The fraction of sp³-hybridized carbons (Fsp3) is 0.250. The van der Waals surface area contributed by atoms with Gasteiger partial charge in [-0.15, -0.1) is 0 Å². The van der Waals surface area contributed by atoms with Gasteiger partial charge in [-0.05, 0) is 49.1 Å². The number of nitrogens with two attached hydrogens (primary N) is 1. The number of ether oxygens (including phenoxy) is 1. The van der Waals surface area contributed by atoms with Crippen LogP contribution in [0.2, 0.25) is 0 Å². The van der Waals surface area contributed by atoms with Crippen LogP contribution in [0.25, 0.3) is 0 Å². The van der Waals surface area contributed by atoms with Gasteiger partial charge >= 0.3 is 0 Å². The van der Waals surface area contributed by atoms with Crippen molar-refractivity contribution in [2.24, 2.45) is 5.14 Å². The second-order valence-corrected chi connectivity index (χ2v) is 6.47. The molecule has 0 saturated heterocycles. The Morgan fingerprint density at radius 2 is 1.81 bits per heavy atom. The highest BCUT2D eigenvalue weighted by molar-refractivity contribution is 7.89. The van der Waals surface area contributed by atoms with Gasteiger partial charge in [0.05, 0.1) is 11.5 Å². The van der Waals surface area contributed by atoms with Gasteiger partial charge in [0.25, 0.3) is 0 Å². The van der Waals surface area contributed by atoms with Crippen LogP contribution in [0.5, 0.6) is 5.75 Å². The van der Waals surface area contributed by atoms with Crippen LogP contribution in [-0.2, 0) is 16.4 Å². The Morgan fingerprint density at radius 1 is 1.10 bits per heavy atom. The summed E-state index contributed by atoms with van der Waals surface area (Å²) in [6.45, 7) is 2.39. The van der Waals surface area contributed by atoms with Crippen LogP contribution in [0.15, 0.2) is 53.4 Å². The Bertz CT molecular complexity index is 697. The molecule has 112 valence electrons. The summed E-state index contributed by atoms with van der Waals surface area (Å²) in [4.78, 5) is 0.108. The Balaban J connectivity index is 1.89. The van der Waals surface area contributed by atoms with E-state index >= 15 is 0 Å². The van der Waals surface area contributed by atoms with Gasteiger partial charge in [0.1, 0.15) is 5.75 Å². The summed E-state index contributed by atoms with van der Waals surface area (Å²) in [6, 6.07) is 14.9. The molecule has 0 aliphatic heterocycles.